The maximum atomic E-state index is 2.99. The van der Waals surface area contributed by atoms with Crippen LogP contribution in [0.3, 0.4) is 0 Å². The molecule has 49 heavy (non-hydrogen) atoms. The first-order chi connectivity index (χ1) is 23.2. The van der Waals surface area contributed by atoms with Crippen LogP contribution < -0.4 is 0 Å². The van der Waals surface area contributed by atoms with E-state index in [1.54, 1.807) is 16.7 Å². The topological polar surface area (TPSA) is 8.17 Å². The second kappa shape index (κ2) is 12.4. The van der Waals surface area contributed by atoms with Crippen LogP contribution in [0.25, 0.3) is 33.1 Å². The molecule has 0 radical (unpaired) electrons. The van der Waals surface area contributed by atoms with Gasteiger partial charge in [0.25, 0.3) is 0 Å². The molecule has 0 amide bonds. The molecule has 3 aliphatic carbocycles. The lowest BCUT2D eigenvalue weighted by Crippen LogP contribution is -2.67. The van der Waals surface area contributed by atoms with E-state index in [0.717, 1.165) is 5.54 Å². The molecule has 260 valence electrons. The van der Waals surface area contributed by atoms with E-state index in [2.05, 4.69) is 156 Å². The van der Waals surface area contributed by atoms with Crippen molar-refractivity contribution in [1.82, 2.24) is 9.13 Å². The summed E-state index contributed by atoms with van der Waals surface area (Å²) >= 11 is 0. The Morgan fingerprint density at radius 2 is 1.33 bits per heavy atom. The average molecular weight is 671 g/mol. The molecule has 1 fully saturated rings. The third kappa shape index (κ3) is 5.53. The van der Waals surface area contributed by atoms with E-state index in [1.807, 2.05) is 0 Å². The summed E-state index contributed by atoms with van der Waals surface area (Å²) in [6.45, 7) is 24.9. The van der Waals surface area contributed by atoms with Crippen molar-refractivity contribution in [2.24, 2.45) is 11.8 Å². The van der Waals surface area contributed by atoms with Gasteiger partial charge in [0.1, 0.15) is 8.24 Å². The van der Waals surface area contributed by atoms with Gasteiger partial charge < -0.3 is 9.13 Å². The largest absolute Gasteiger partial charge is 0.314 e. The zero-order valence-electron chi connectivity index (χ0n) is 32.3. The fourth-order valence-electron chi connectivity index (χ4n) is 11.7. The molecule has 2 nitrogen and oxygen atoms in total. The lowest BCUT2D eigenvalue weighted by atomic mass is 9.68. The predicted molar refractivity (Wildman–Crippen MR) is 216 cm³/mol. The summed E-state index contributed by atoms with van der Waals surface area (Å²) in [4.78, 5) is 0. The molecule has 1 heterocycles. The van der Waals surface area contributed by atoms with Crippen LogP contribution in [-0.2, 0) is 5.41 Å². The van der Waals surface area contributed by atoms with Crippen LogP contribution in [0.4, 0.5) is 0 Å². The number of unbranched alkanes of at least 4 members (excludes halogenated alkanes) is 2. The number of aromatic nitrogens is 1. The highest BCUT2D eigenvalue weighted by Gasteiger charge is 2.55. The molecule has 4 aromatic rings. The Labute approximate surface area is 298 Å². The van der Waals surface area contributed by atoms with Gasteiger partial charge in [0, 0.05) is 33.0 Å². The SMILES string of the molecule is CCCCC1(CCCC)C2=CC3C(C=C2c2ccc(-n4c5ccccc5c5ccccc54)cc21)CCC3[Si](C)(C)N(C(C)(C)C)C(C)(C)C. The minimum Gasteiger partial charge on any atom is -0.314 e. The number of hydrogen-bond acceptors (Lipinski definition) is 1. The van der Waals surface area contributed by atoms with Crippen molar-refractivity contribution in [3.05, 3.63) is 95.6 Å². The van der Waals surface area contributed by atoms with Gasteiger partial charge in [-0.05, 0) is 125 Å². The molecule has 0 spiro atoms. The number of para-hydroxylation sites is 2. The van der Waals surface area contributed by atoms with Crippen LogP contribution in [0.2, 0.25) is 18.6 Å². The van der Waals surface area contributed by atoms with Gasteiger partial charge in [-0.3, -0.25) is 0 Å². The van der Waals surface area contributed by atoms with E-state index in [1.165, 1.54) is 84.4 Å². The standard InChI is InChI=1S/C46H62N2Si/c1-11-13-27-46(28-14-12-2)39-30-33(47-41-21-17-15-19-35(41)36-20-16-18-22-42(36)47)24-25-34(39)38-29-32-23-26-43(37(32)31-40(38)46)49(9,10)48(44(3,4)5)45(6,7)8/h15-22,24-25,29-32,37,43H,11-14,23,26-28H2,1-10H3. The number of nitrogens with zero attached hydrogens (tertiary/aromatic N) is 2. The summed E-state index contributed by atoms with van der Waals surface area (Å²) in [5.41, 5.74) is 11.5. The maximum Gasteiger partial charge on any atom is 0.126 e. The monoisotopic (exact) mass is 670 g/mol. The zero-order chi connectivity index (χ0) is 34.9. The predicted octanol–water partition coefficient (Wildman–Crippen LogP) is 13.2. The average Bonchev–Trinajstić information content (AvgIpc) is 3.69. The summed E-state index contributed by atoms with van der Waals surface area (Å²) in [6, 6.07) is 25.5. The third-order valence-corrected chi connectivity index (χ3v) is 17.7. The highest BCUT2D eigenvalue weighted by Crippen LogP contribution is 2.62. The second-order valence-corrected chi connectivity index (χ2v) is 22.8. The summed E-state index contributed by atoms with van der Waals surface area (Å²) in [6.07, 6.45) is 15.9. The number of allylic oxidation sites excluding steroid dienone is 4. The Morgan fingerprint density at radius 3 is 1.88 bits per heavy atom. The summed E-state index contributed by atoms with van der Waals surface area (Å²) in [7, 11) is -1.84. The van der Waals surface area contributed by atoms with Crippen molar-refractivity contribution in [3.8, 4) is 5.69 Å². The molecule has 3 aliphatic rings. The summed E-state index contributed by atoms with van der Waals surface area (Å²) < 4.78 is 5.52. The molecule has 1 aromatic heterocycles. The number of benzene rings is 3. The lowest BCUT2D eigenvalue weighted by molar-refractivity contribution is 0.122. The van der Waals surface area contributed by atoms with Crippen LogP contribution in [0.1, 0.15) is 118 Å². The van der Waals surface area contributed by atoms with Gasteiger partial charge in [0.05, 0.1) is 11.0 Å². The Balaban J connectivity index is 1.40. The van der Waals surface area contributed by atoms with Crippen LogP contribution in [-0.4, -0.2) is 28.4 Å². The number of fused-ring (bicyclic) bond motifs is 7. The molecule has 3 heteroatoms. The van der Waals surface area contributed by atoms with Crippen LogP contribution >= 0.6 is 0 Å². The van der Waals surface area contributed by atoms with Crippen molar-refractivity contribution in [1.29, 1.82) is 0 Å². The second-order valence-electron chi connectivity index (χ2n) is 18.3. The molecule has 3 unspecified atom stereocenters. The van der Waals surface area contributed by atoms with E-state index in [0.29, 0.717) is 11.8 Å². The van der Waals surface area contributed by atoms with Crippen molar-refractivity contribution in [2.75, 3.05) is 0 Å². The minimum absolute atomic E-state index is 0.0828. The van der Waals surface area contributed by atoms with E-state index in [4.69, 9.17) is 0 Å². The molecule has 0 bridgehead atoms. The summed E-state index contributed by atoms with van der Waals surface area (Å²) in [5, 5.41) is 2.68. The molecule has 1 saturated carbocycles. The van der Waals surface area contributed by atoms with Gasteiger partial charge in [-0.25, -0.2) is 0 Å². The van der Waals surface area contributed by atoms with Crippen molar-refractivity contribution >= 4 is 35.6 Å². The van der Waals surface area contributed by atoms with Gasteiger partial charge >= 0.3 is 0 Å². The van der Waals surface area contributed by atoms with Gasteiger partial charge in [0.2, 0.25) is 0 Å². The zero-order valence-corrected chi connectivity index (χ0v) is 33.3. The summed E-state index contributed by atoms with van der Waals surface area (Å²) in [5.74, 6) is 1.29. The van der Waals surface area contributed by atoms with Gasteiger partial charge in [-0.2, -0.15) is 0 Å². The van der Waals surface area contributed by atoms with Crippen molar-refractivity contribution < 1.29 is 0 Å². The number of hydrogen-bond donors (Lipinski definition) is 0. The molecular formula is C46H62N2Si. The van der Waals surface area contributed by atoms with Crippen LogP contribution in [0, 0.1) is 11.8 Å². The smallest absolute Gasteiger partial charge is 0.126 e. The normalized spacial score (nSPS) is 22.0. The highest BCUT2D eigenvalue weighted by molar-refractivity contribution is 6.76. The first-order valence-electron chi connectivity index (χ1n) is 19.6. The highest BCUT2D eigenvalue weighted by atomic mass is 28.3. The van der Waals surface area contributed by atoms with E-state index in [-0.39, 0.29) is 16.5 Å². The fraction of sp³-hybridized carbons (Fsp3) is 0.522. The fourth-order valence-corrected chi connectivity index (χ4v) is 17.7. The van der Waals surface area contributed by atoms with Gasteiger partial charge in [-0.15, -0.1) is 0 Å². The molecule has 0 saturated heterocycles. The van der Waals surface area contributed by atoms with Crippen molar-refractivity contribution in [3.63, 3.8) is 0 Å². The molecule has 0 aliphatic heterocycles. The molecule has 3 atom stereocenters. The Morgan fingerprint density at radius 1 is 0.755 bits per heavy atom. The van der Waals surface area contributed by atoms with E-state index < -0.39 is 8.24 Å². The third-order valence-electron chi connectivity index (χ3n) is 12.7. The van der Waals surface area contributed by atoms with E-state index in [9.17, 15) is 0 Å². The number of rotatable bonds is 9. The van der Waals surface area contributed by atoms with Gasteiger partial charge in [-0.1, -0.05) is 114 Å². The lowest BCUT2D eigenvalue weighted by Gasteiger charge is -2.57. The Kier molecular flexibility index (Phi) is 8.75. The molecule has 0 N–H and O–H groups in total. The Bertz CT molecular complexity index is 1850. The molecular weight excluding hydrogens is 609 g/mol. The molecule has 7 rings (SSSR count). The Hall–Kier alpha value is -2.88. The van der Waals surface area contributed by atoms with Crippen LogP contribution in [0.15, 0.2) is 84.5 Å². The first-order valence-corrected chi connectivity index (χ1v) is 22.6. The first kappa shape index (κ1) is 34.6. The molecule has 3 aromatic carbocycles. The van der Waals surface area contributed by atoms with E-state index >= 15 is 0 Å². The van der Waals surface area contributed by atoms with Crippen molar-refractivity contribution in [2.45, 2.75) is 142 Å². The maximum absolute atomic E-state index is 2.99. The van der Waals surface area contributed by atoms with Crippen LogP contribution in [0.5, 0.6) is 0 Å². The minimum atomic E-state index is -1.84. The van der Waals surface area contributed by atoms with Gasteiger partial charge in [0.15, 0.2) is 0 Å². The quantitative estimate of drug-likeness (QED) is 0.161.